The van der Waals surface area contributed by atoms with Crippen LogP contribution in [0.5, 0.6) is 0 Å². The van der Waals surface area contributed by atoms with E-state index < -0.39 is 9.84 Å². The van der Waals surface area contributed by atoms with Crippen molar-refractivity contribution in [2.75, 3.05) is 16.4 Å². The quantitative estimate of drug-likeness (QED) is 0.661. The highest BCUT2D eigenvalue weighted by atomic mass is 32.2. The Bertz CT molecular complexity index is 816. The van der Waals surface area contributed by atoms with Gasteiger partial charge in [0.1, 0.15) is 11.8 Å². The van der Waals surface area contributed by atoms with Crippen molar-refractivity contribution in [2.24, 2.45) is 0 Å². The molecule has 0 aromatic carbocycles. The Labute approximate surface area is 119 Å². The van der Waals surface area contributed by atoms with E-state index in [1.165, 1.54) is 12.7 Å². The number of fused-ring (bicyclic) bond motifs is 2. The number of nitrogens with zero attached hydrogens (tertiary/aromatic N) is 4. The first-order valence-corrected chi connectivity index (χ1v) is 8.22. The van der Waals surface area contributed by atoms with Gasteiger partial charge in [0.2, 0.25) is 0 Å². The molecule has 4 heterocycles. The van der Waals surface area contributed by atoms with E-state index in [1.54, 1.807) is 4.90 Å². The minimum absolute atomic E-state index is 0.0738. The van der Waals surface area contributed by atoms with Gasteiger partial charge in [-0.1, -0.05) is 0 Å². The van der Waals surface area contributed by atoms with Crippen LogP contribution in [0.4, 0.5) is 5.82 Å². The number of aromatic amines is 1. The highest BCUT2D eigenvalue weighted by Crippen LogP contribution is 2.30. The van der Waals surface area contributed by atoms with E-state index in [0.29, 0.717) is 22.1 Å². The Morgan fingerprint density at radius 3 is 3.00 bits per heavy atom. The van der Waals surface area contributed by atoms with Gasteiger partial charge in [0.15, 0.2) is 26.4 Å². The van der Waals surface area contributed by atoms with Crippen LogP contribution in [-0.4, -0.2) is 57.1 Å². The minimum atomic E-state index is -3.04. The first-order valence-electron chi connectivity index (χ1n) is 5.99. The highest BCUT2D eigenvalue weighted by Gasteiger charge is 2.48. The summed E-state index contributed by atoms with van der Waals surface area (Å²) >= 11 is 5.31. The van der Waals surface area contributed by atoms with Crippen LogP contribution in [-0.2, 0) is 9.84 Å². The van der Waals surface area contributed by atoms with E-state index in [9.17, 15) is 8.42 Å². The molecule has 2 aromatic heterocycles. The molecule has 20 heavy (non-hydrogen) atoms. The van der Waals surface area contributed by atoms with Crippen LogP contribution in [0, 0.1) is 0 Å². The second-order valence-electron chi connectivity index (χ2n) is 4.87. The van der Waals surface area contributed by atoms with E-state index in [0.717, 1.165) is 0 Å². The molecule has 0 aliphatic carbocycles. The van der Waals surface area contributed by atoms with E-state index in [1.807, 2.05) is 0 Å². The predicted octanol–water partition coefficient (Wildman–Crippen LogP) is -0.787. The van der Waals surface area contributed by atoms with Gasteiger partial charge in [-0.3, -0.25) is 4.90 Å². The number of nitrogens with one attached hydrogen (secondary N) is 2. The second-order valence-corrected chi connectivity index (χ2v) is 7.41. The molecule has 0 unspecified atom stereocenters. The molecule has 104 valence electrons. The fraction of sp³-hybridized carbons (Fsp3) is 0.400. The van der Waals surface area contributed by atoms with Gasteiger partial charge in [0.25, 0.3) is 0 Å². The summed E-state index contributed by atoms with van der Waals surface area (Å²) in [6, 6.07) is -0.408. The van der Waals surface area contributed by atoms with Crippen LogP contribution < -0.4 is 10.2 Å². The molecule has 2 aliphatic rings. The normalized spacial score (nSPS) is 27.8. The maximum atomic E-state index is 11.8. The molecular weight excluding hydrogens is 300 g/mol. The third kappa shape index (κ3) is 1.61. The molecule has 2 N–H and O–H groups in total. The summed E-state index contributed by atoms with van der Waals surface area (Å²) in [4.78, 5) is 17.1. The summed E-state index contributed by atoms with van der Waals surface area (Å²) in [5.74, 6) is 0.741. The average molecular weight is 310 g/mol. The number of imidazole rings is 1. The summed E-state index contributed by atoms with van der Waals surface area (Å²) in [6.45, 7) is 0. The summed E-state index contributed by atoms with van der Waals surface area (Å²) in [5, 5.41) is 3.55. The van der Waals surface area contributed by atoms with Crippen molar-refractivity contribution in [3.63, 3.8) is 0 Å². The fourth-order valence-electron chi connectivity index (χ4n) is 2.79. The lowest BCUT2D eigenvalue weighted by atomic mass is 10.2. The van der Waals surface area contributed by atoms with Gasteiger partial charge in [-0.05, 0) is 12.2 Å². The van der Waals surface area contributed by atoms with Gasteiger partial charge in [0, 0.05) is 0 Å². The van der Waals surface area contributed by atoms with Gasteiger partial charge in [0.05, 0.1) is 29.9 Å². The van der Waals surface area contributed by atoms with Crippen molar-refractivity contribution in [3.05, 3.63) is 12.7 Å². The van der Waals surface area contributed by atoms with Gasteiger partial charge in [-0.15, -0.1) is 0 Å². The van der Waals surface area contributed by atoms with Crippen molar-refractivity contribution in [1.29, 1.82) is 0 Å². The zero-order chi connectivity index (χ0) is 13.9. The molecule has 0 amide bonds. The molecule has 2 aromatic rings. The number of hydrogen-bond donors (Lipinski definition) is 2. The van der Waals surface area contributed by atoms with Crippen LogP contribution in [0.25, 0.3) is 11.2 Å². The molecule has 2 saturated heterocycles. The number of anilines is 1. The number of sulfone groups is 1. The predicted molar refractivity (Wildman–Crippen MR) is 76.1 cm³/mol. The lowest BCUT2D eigenvalue weighted by Crippen LogP contribution is -2.37. The topological polar surface area (TPSA) is 104 Å². The van der Waals surface area contributed by atoms with Crippen molar-refractivity contribution >= 4 is 44.1 Å². The highest BCUT2D eigenvalue weighted by molar-refractivity contribution is 7.91. The number of aromatic nitrogens is 4. The number of thiocarbonyl (C=S) groups is 1. The van der Waals surface area contributed by atoms with E-state index in [4.69, 9.17) is 12.2 Å². The van der Waals surface area contributed by atoms with E-state index >= 15 is 0 Å². The largest absolute Gasteiger partial charge is 0.356 e. The molecule has 4 rings (SSSR count). The molecule has 2 aliphatic heterocycles. The van der Waals surface area contributed by atoms with Crippen LogP contribution >= 0.6 is 12.2 Å². The lowest BCUT2D eigenvalue weighted by Gasteiger charge is -2.21. The molecule has 2 fully saturated rings. The third-order valence-electron chi connectivity index (χ3n) is 3.61. The van der Waals surface area contributed by atoms with Crippen LogP contribution in [0.3, 0.4) is 0 Å². The van der Waals surface area contributed by atoms with Crippen molar-refractivity contribution < 1.29 is 8.42 Å². The molecule has 2 atom stereocenters. The molecule has 10 heteroatoms. The van der Waals surface area contributed by atoms with E-state index in [2.05, 4.69) is 25.3 Å². The lowest BCUT2D eigenvalue weighted by molar-refractivity contribution is 0.600. The molecule has 0 bridgehead atoms. The Hall–Kier alpha value is -1.81. The van der Waals surface area contributed by atoms with Crippen LogP contribution in [0.1, 0.15) is 0 Å². The van der Waals surface area contributed by atoms with Crippen molar-refractivity contribution in [1.82, 2.24) is 25.3 Å². The van der Waals surface area contributed by atoms with Gasteiger partial charge in [-0.2, -0.15) is 0 Å². The molecule has 8 nitrogen and oxygen atoms in total. The maximum Gasteiger partial charge on any atom is 0.182 e. The molecular formula is C10H10N6O2S2. The van der Waals surface area contributed by atoms with Crippen LogP contribution in [0.2, 0.25) is 0 Å². The standard InChI is InChI=1S/C10H10N6O2S2/c17-20(18)1-5-6(2-20)16(10(19)15-5)9-7-8(12-3-11-7)13-4-14-9/h3-6H,1-2H2,(H,15,19)(H,11,12,13,14)/t5-,6+/m1/s1. The fourth-order valence-corrected chi connectivity index (χ4v) is 5.05. The van der Waals surface area contributed by atoms with Crippen molar-refractivity contribution in [3.8, 4) is 0 Å². The van der Waals surface area contributed by atoms with E-state index in [-0.39, 0.29) is 23.6 Å². The smallest absolute Gasteiger partial charge is 0.182 e. The summed E-state index contributed by atoms with van der Waals surface area (Å²) in [5.41, 5.74) is 1.18. The average Bonchev–Trinajstić information content (AvgIpc) is 3.00. The number of rotatable bonds is 1. The monoisotopic (exact) mass is 310 g/mol. The first-order chi connectivity index (χ1) is 9.55. The number of hydrogen-bond acceptors (Lipinski definition) is 6. The zero-order valence-electron chi connectivity index (χ0n) is 10.1. The van der Waals surface area contributed by atoms with Crippen molar-refractivity contribution in [2.45, 2.75) is 12.1 Å². The Morgan fingerprint density at radius 1 is 1.30 bits per heavy atom. The summed E-state index contributed by atoms with van der Waals surface area (Å²) in [6.07, 6.45) is 2.93. The first kappa shape index (κ1) is 12.0. The van der Waals surface area contributed by atoms with Gasteiger partial charge >= 0.3 is 0 Å². The maximum absolute atomic E-state index is 11.8. The zero-order valence-corrected chi connectivity index (χ0v) is 11.8. The minimum Gasteiger partial charge on any atom is -0.356 e. The Balaban J connectivity index is 1.85. The summed E-state index contributed by atoms with van der Waals surface area (Å²) in [7, 11) is -3.04. The Kier molecular flexibility index (Phi) is 2.31. The Morgan fingerprint density at radius 2 is 2.15 bits per heavy atom. The third-order valence-corrected chi connectivity index (χ3v) is 5.64. The molecule has 0 spiro atoms. The van der Waals surface area contributed by atoms with Gasteiger partial charge < -0.3 is 10.3 Å². The summed E-state index contributed by atoms with van der Waals surface area (Å²) < 4.78 is 23.6. The van der Waals surface area contributed by atoms with Gasteiger partial charge in [-0.25, -0.2) is 23.4 Å². The number of H-pyrrole nitrogens is 1. The SMILES string of the molecule is O=S1(=O)C[C@H]2NC(=S)N(c3ncnc4nc[nH]c34)[C@H]2C1. The molecule has 0 radical (unpaired) electrons. The van der Waals surface area contributed by atoms with Crippen LogP contribution in [0.15, 0.2) is 12.7 Å². The molecule has 0 saturated carbocycles. The second kappa shape index (κ2) is 3.85.